The number of alkyl carbamates (subject to hydrolysis) is 2. The molecule has 2 atom stereocenters. The number of benzene rings is 2. The van der Waals surface area contributed by atoms with Crippen molar-refractivity contribution in [3.63, 3.8) is 0 Å². The molecule has 2 rings (SSSR count). The smallest absolute Gasteiger partial charge is 0.408 e. The van der Waals surface area contributed by atoms with Gasteiger partial charge < -0.3 is 29.6 Å². The highest BCUT2D eigenvalue weighted by Crippen LogP contribution is 2.11. The van der Waals surface area contributed by atoms with E-state index in [0.717, 1.165) is 11.1 Å². The molecule has 0 saturated heterocycles. The molecule has 2 N–H and O–H groups in total. The van der Waals surface area contributed by atoms with E-state index in [9.17, 15) is 24.0 Å². The third-order valence-corrected chi connectivity index (χ3v) is 6.20. The molecule has 0 spiro atoms. The van der Waals surface area contributed by atoms with Crippen LogP contribution >= 0.6 is 0 Å². The number of ketones is 1. The lowest BCUT2D eigenvalue weighted by Gasteiger charge is -2.19. The fourth-order valence-corrected chi connectivity index (χ4v) is 3.93. The Morgan fingerprint density at radius 1 is 0.638 bits per heavy atom. The van der Waals surface area contributed by atoms with Gasteiger partial charge in [0.15, 0.2) is 5.78 Å². The minimum absolute atomic E-state index is 0.0252. The zero-order valence-electron chi connectivity index (χ0n) is 28.0. The van der Waals surface area contributed by atoms with Gasteiger partial charge in [-0.25, -0.2) is 19.2 Å². The van der Waals surface area contributed by atoms with Gasteiger partial charge in [0.1, 0.15) is 38.5 Å². The quantitative estimate of drug-likeness (QED) is 0.0868. The highest BCUT2D eigenvalue weighted by Gasteiger charge is 2.25. The lowest BCUT2D eigenvalue weighted by Crippen LogP contribution is -2.43. The van der Waals surface area contributed by atoms with Gasteiger partial charge in [0, 0.05) is 5.56 Å². The largest absolute Gasteiger partial charge is 0.459 e. The van der Waals surface area contributed by atoms with E-state index in [0.29, 0.717) is 18.4 Å². The fourth-order valence-electron chi connectivity index (χ4n) is 3.93. The van der Waals surface area contributed by atoms with Crippen LogP contribution in [0.1, 0.15) is 68.9 Å². The van der Waals surface area contributed by atoms with E-state index in [1.165, 1.54) is 19.1 Å². The standard InChI is InChI=1S/C19H25NO5.C17H23NO4/c1-5-10-24-19(23)20-17(11-13(2)3)18(22)25-12-15-6-8-16(9-7-15)14(4)21;1-4-10-21-17(20)18-15(11-13(2)3)16(19)22-12-14-8-6-5-7-9-14/h5-9,13,17H,1,10-12H2,2-4H3,(H,20,23);4-9,13,15H,1,10-12H2,2-3H3,(H,18,20). The Morgan fingerprint density at radius 2 is 1.04 bits per heavy atom. The molecule has 0 fully saturated rings. The Morgan fingerprint density at radius 3 is 1.40 bits per heavy atom. The minimum atomic E-state index is -0.784. The summed E-state index contributed by atoms with van der Waals surface area (Å²) in [5, 5.41) is 5.05. The fraction of sp³-hybridized carbons (Fsp3) is 0.417. The van der Waals surface area contributed by atoms with E-state index in [1.807, 2.05) is 58.0 Å². The summed E-state index contributed by atoms with van der Waals surface area (Å²) in [6, 6.07) is 14.7. The molecule has 0 aromatic heterocycles. The lowest BCUT2D eigenvalue weighted by atomic mass is 10.0. The van der Waals surface area contributed by atoms with Crippen LogP contribution in [0.4, 0.5) is 9.59 Å². The molecular formula is C36H48N2O9. The molecule has 0 heterocycles. The summed E-state index contributed by atoms with van der Waals surface area (Å²) in [7, 11) is 0. The van der Waals surface area contributed by atoms with Crippen LogP contribution in [-0.4, -0.2) is 55.2 Å². The molecule has 0 saturated carbocycles. The topological polar surface area (TPSA) is 146 Å². The average Bonchev–Trinajstić information content (AvgIpc) is 3.04. The van der Waals surface area contributed by atoms with Crippen LogP contribution in [0.15, 0.2) is 79.9 Å². The number of Topliss-reactive ketones (excluding diaryl/α,β-unsaturated/α-hetero) is 1. The zero-order valence-corrected chi connectivity index (χ0v) is 28.0. The predicted octanol–water partition coefficient (Wildman–Crippen LogP) is 6.32. The molecule has 0 radical (unpaired) electrons. The number of carbonyl (C=O) groups is 5. The summed E-state index contributed by atoms with van der Waals surface area (Å²) in [6.07, 6.45) is 2.49. The van der Waals surface area contributed by atoms with Crippen molar-refractivity contribution in [3.8, 4) is 0 Å². The highest BCUT2D eigenvalue weighted by atomic mass is 16.6. The molecule has 0 aliphatic rings. The van der Waals surface area contributed by atoms with Crippen LogP contribution in [0.3, 0.4) is 0 Å². The number of esters is 2. The first kappa shape index (κ1) is 40.1. The van der Waals surface area contributed by atoms with E-state index in [1.54, 1.807) is 24.3 Å². The number of hydrogen-bond acceptors (Lipinski definition) is 9. The first-order valence-corrected chi connectivity index (χ1v) is 15.4. The van der Waals surface area contributed by atoms with Crippen molar-refractivity contribution in [2.45, 2.75) is 72.8 Å². The van der Waals surface area contributed by atoms with Crippen molar-refractivity contribution in [1.82, 2.24) is 10.6 Å². The molecule has 256 valence electrons. The molecule has 11 nitrogen and oxygen atoms in total. The van der Waals surface area contributed by atoms with Gasteiger partial charge in [0.05, 0.1) is 0 Å². The van der Waals surface area contributed by atoms with E-state index in [2.05, 4.69) is 23.8 Å². The highest BCUT2D eigenvalue weighted by molar-refractivity contribution is 5.94. The normalized spacial score (nSPS) is 11.6. The van der Waals surface area contributed by atoms with Gasteiger partial charge >= 0.3 is 24.1 Å². The number of carbonyl (C=O) groups excluding carboxylic acids is 5. The number of ether oxygens (including phenoxy) is 4. The Bertz CT molecular complexity index is 1290. The summed E-state index contributed by atoms with van der Waals surface area (Å²) in [4.78, 5) is 58.9. The van der Waals surface area contributed by atoms with E-state index < -0.39 is 36.2 Å². The Labute approximate surface area is 277 Å². The van der Waals surface area contributed by atoms with Crippen molar-refractivity contribution >= 4 is 29.9 Å². The van der Waals surface area contributed by atoms with Crippen LogP contribution in [0.5, 0.6) is 0 Å². The van der Waals surface area contributed by atoms with Crippen LogP contribution in [0.2, 0.25) is 0 Å². The van der Waals surface area contributed by atoms with E-state index in [-0.39, 0.29) is 44.0 Å². The second kappa shape index (κ2) is 22.6. The predicted molar refractivity (Wildman–Crippen MR) is 178 cm³/mol. The second-order valence-electron chi connectivity index (χ2n) is 11.4. The summed E-state index contributed by atoms with van der Waals surface area (Å²) in [5.41, 5.74) is 2.25. The maximum Gasteiger partial charge on any atom is 0.408 e. The zero-order chi connectivity index (χ0) is 35.2. The Hall–Kier alpha value is -4.93. The van der Waals surface area contributed by atoms with Crippen LogP contribution < -0.4 is 10.6 Å². The molecule has 0 aliphatic carbocycles. The molecule has 47 heavy (non-hydrogen) atoms. The number of hydrogen-bond donors (Lipinski definition) is 2. The van der Waals surface area contributed by atoms with Crippen molar-refractivity contribution in [3.05, 3.63) is 96.6 Å². The number of nitrogens with one attached hydrogen (secondary N) is 2. The number of amides is 2. The molecular weight excluding hydrogens is 604 g/mol. The molecule has 0 aliphatic heterocycles. The van der Waals surface area contributed by atoms with E-state index in [4.69, 9.17) is 18.9 Å². The van der Waals surface area contributed by atoms with Crippen molar-refractivity contribution in [2.24, 2.45) is 11.8 Å². The van der Waals surface area contributed by atoms with Gasteiger partial charge in [-0.05, 0) is 42.7 Å². The van der Waals surface area contributed by atoms with Crippen molar-refractivity contribution in [1.29, 1.82) is 0 Å². The minimum Gasteiger partial charge on any atom is -0.459 e. The Kier molecular flexibility index (Phi) is 19.2. The van der Waals surface area contributed by atoms with E-state index >= 15 is 0 Å². The molecule has 0 bridgehead atoms. The lowest BCUT2D eigenvalue weighted by molar-refractivity contribution is -0.148. The monoisotopic (exact) mass is 652 g/mol. The Balaban J connectivity index is 0.000000474. The van der Waals surface area contributed by atoms with Gasteiger partial charge in [-0.15, -0.1) is 0 Å². The maximum absolute atomic E-state index is 12.3. The molecule has 2 aromatic carbocycles. The summed E-state index contributed by atoms with van der Waals surface area (Å²) >= 11 is 0. The third kappa shape index (κ3) is 18.0. The molecule has 2 amide bonds. The summed E-state index contributed by atoms with van der Waals surface area (Å²) in [6.45, 7) is 16.6. The first-order chi connectivity index (χ1) is 22.4. The summed E-state index contributed by atoms with van der Waals surface area (Å²) < 4.78 is 20.2. The molecule has 2 unspecified atom stereocenters. The van der Waals surface area contributed by atoms with Gasteiger partial charge in [0.25, 0.3) is 0 Å². The van der Waals surface area contributed by atoms with Gasteiger partial charge in [-0.2, -0.15) is 0 Å². The number of rotatable bonds is 17. The van der Waals surface area contributed by atoms with Crippen molar-refractivity contribution in [2.75, 3.05) is 13.2 Å². The third-order valence-electron chi connectivity index (χ3n) is 6.20. The SMILES string of the molecule is C=CCOC(=O)NC(CC(C)C)C(=O)OCc1ccc(C(C)=O)cc1.C=CCOC(=O)NC(CC(C)C)C(=O)OCc1ccccc1. The molecule has 11 heteroatoms. The van der Waals surface area contributed by atoms with Crippen LogP contribution in [-0.2, 0) is 41.8 Å². The van der Waals surface area contributed by atoms with Crippen LogP contribution in [0, 0.1) is 11.8 Å². The van der Waals surface area contributed by atoms with Gasteiger partial charge in [-0.1, -0.05) is 108 Å². The molecule has 2 aromatic rings. The first-order valence-electron chi connectivity index (χ1n) is 15.4. The van der Waals surface area contributed by atoms with Gasteiger partial charge in [-0.3, -0.25) is 4.79 Å². The van der Waals surface area contributed by atoms with Gasteiger partial charge in [0.2, 0.25) is 0 Å². The maximum atomic E-state index is 12.3. The second-order valence-corrected chi connectivity index (χ2v) is 11.4. The average molecular weight is 653 g/mol. The van der Waals surface area contributed by atoms with Crippen LogP contribution in [0.25, 0.3) is 0 Å². The van der Waals surface area contributed by atoms with Crippen molar-refractivity contribution < 1.29 is 42.9 Å². The summed E-state index contributed by atoms with van der Waals surface area (Å²) in [5.74, 6) is -0.600.